The number of urea groups is 1. The summed E-state index contributed by atoms with van der Waals surface area (Å²) in [4.78, 5) is 22.1. The molecule has 5 N–H and O–H groups in total. The Morgan fingerprint density at radius 2 is 2.11 bits per heavy atom. The molecule has 0 aliphatic carbocycles. The minimum absolute atomic E-state index is 0.129. The highest BCUT2D eigenvalue weighted by molar-refractivity contribution is 5.89. The van der Waals surface area contributed by atoms with E-state index < -0.39 is 5.91 Å². The number of carbonyl (C=O) groups excluding carboxylic acids is 2. The Bertz CT molecular complexity index is 448. The summed E-state index contributed by atoms with van der Waals surface area (Å²) in [5.41, 5.74) is 6.77. The number of anilines is 1. The van der Waals surface area contributed by atoms with Crippen molar-refractivity contribution in [2.45, 2.75) is 19.4 Å². The molecule has 0 spiro atoms. The standard InChI is InChI=1S/C13H20N4O2/c1-9(15-2)10-4-3-5-11(8-10)17-13(19)16-7-6-12(14)18/h3-5,8-9,15H,6-7H2,1-2H3,(H2,14,18)(H2,16,17,19). The number of nitrogens with one attached hydrogen (secondary N) is 3. The Kier molecular flexibility index (Phi) is 5.81. The Labute approximate surface area is 112 Å². The van der Waals surface area contributed by atoms with E-state index in [4.69, 9.17) is 5.73 Å². The van der Waals surface area contributed by atoms with E-state index in [2.05, 4.69) is 16.0 Å². The number of rotatable bonds is 6. The second-order valence-corrected chi connectivity index (χ2v) is 4.23. The molecule has 3 amide bonds. The monoisotopic (exact) mass is 264 g/mol. The van der Waals surface area contributed by atoms with Crippen molar-refractivity contribution in [2.75, 3.05) is 18.9 Å². The van der Waals surface area contributed by atoms with Gasteiger partial charge in [0.05, 0.1) is 0 Å². The van der Waals surface area contributed by atoms with Crippen molar-refractivity contribution in [3.05, 3.63) is 29.8 Å². The van der Waals surface area contributed by atoms with Crippen molar-refractivity contribution < 1.29 is 9.59 Å². The molecule has 1 aromatic carbocycles. The van der Waals surface area contributed by atoms with Crippen molar-refractivity contribution in [1.29, 1.82) is 0 Å². The van der Waals surface area contributed by atoms with Gasteiger partial charge in [0.25, 0.3) is 0 Å². The first-order valence-corrected chi connectivity index (χ1v) is 6.13. The smallest absolute Gasteiger partial charge is 0.319 e. The molecule has 0 bridgehead atoms. The maximum Gasteiger partial charge on any atom is 0.319 e. The summed E-state index contributed by atoms with van der Waals surface area (Å²) >= 11 is 0. The van der Waals surface area contributed by atoms with Crippen LogP contribution in [-0.2, 0) is 4.79 Å². The number of nitrogens with two attached hydrogens (primary N) is 1. The molecule has 0 aliphatic rings. The zero-order valence-corrected chi connectivity index (χ0v) is 11.2. The van der Waals surface area contributed by atoms with Crippen molar-refractivity contribution in [1.82, 2.24) is 10.6 Å². The summed E-state index contributed by atoms with van der Waals surface area (Å²) < 4.78 is 0. The van der Waals surface area contributed by atoms with Crippen molar-refractivity contribution in [2.24, 2.45) is 5.73 Å². The van der Waals surface area contributed by atoms with Gasteiger partial charge in [0.2, 0.25) is 5.91 Å². The third kappa shape index (κ3) is 5.39. The Hall–Kier alpha value is -2.08. The first-order valence-electron chi connectivity index (χ1n) is 6.13. The van der Waals surface area contributed by atoms with E-state index in [0.29, 0.717) is 5.69 Å². The van der Waals surface area contributed by atoms with Gasteiger partial charge in [-0.15, -0.1) is 0 Å². The van der Waals surface area contributed by atoms with Gasteiger partial charge in [0.1, 0.15) is 0 Å². The first kappa shape index (κ1) is 15.0. The molecule has 0 aliphatic heterocycles. The van der Waals surface area contributed by atoms with Gasteiger partial charge >= 0.3 is 6.03 Å². The van der Waals surface area contributed by atoms with E-state index in [1.165, 1.54) is 0 Å². The molecule has 19 heavy (non-hydrogen) atoms. The van der Waals surface area contributed by atoms with Crippen LogP contribution in [0.15, 0.2) is 24.3 Å². The molecule has 0 saturated carbocycles. The minimum Gasteiger partial charge on any atom is -0.370 e. The topological polar surface area (TPSA) is 96.2 Å². The van der Waals surface area contributed by atoms with Crippen LogP contribution in [0, 0.1) is 0 Å². The van der Waals surface area contributed by atoms with Gasteiger partial charge in [-0.05, 0) is 31.7 Å². The Balaban J connectivity index is 2.52. The van der Waals surface area contributed by atoms with E-state index in [0.717, 1.165) is 5.56 Å². The van der Waals surface area contributed by atoms with Crippen LogP contribution < -0.4 is 21.7 Å². The van der Waals surface area contributed by atoms with Crippen LogP contribution in [0.3, 0.4) is 0 Å². The molecule has 6 heteroatoms. The van der Waals surface area contributed by atoms with Crippen LogP contribution in [0.5, 0.6) is 0 Å². The number of carbonyl (C=O) groups is 2. The molecule has 6 nitrogen and oxygen atoms in total. The van der Waals surface area contributed by atoms with Gasteiger partial charge in [0, 0.05) is 24.7 Å². The van der Waals surface area contributed by atoms with Crippen LogP contribution in [0.4, 0.5) is 10.5 Å². The van der Waals surface area contributed by atoms with Crippen LogP contribution in [0.25, 0.3) is 0 Å². The van der Waals surface area contributed by atoms with Crippen LogP contribution in [0.2, 0.25) is 0 Å². The lowest BCUT2D eigenvalue weighted by Crippen LogP contribution is -2.31. The van der Waals surface area contributed by atoms with Gasteiger partial charge in [-0.25, -0.2) is 4.79 Å². The van der Waals surface area contributed by atoms with E-state index in [-0.39, 0.29) is 25.0 Å². The lowest BCUT2D eigenvalue weighted by Gasteiger charge is -2.13. The van der Waals surface area contributed by atoms with Crippen molar-refractivity contribution in [3.8, 4) is 0 Å². The highest BCUT2D eigenvalue weighted by atomic mass is 16.2. The number of amides is 3. The molecule has 1 aromatic rings. The zero-order valence-electron chi connectivity index (χ0n) is 11.2. The molecule has 0 heterocycles. The third-order valence-corrected chi connectivity index (χ3v) is 2.73. The second kappa shape index (κ2) is 7.38. The molecule has 0 radical (unpaired) electrons. The summed E-state index contributed by atoms with van der Waals surface area (Å²) in [6, 6.07) is 7.42. The second-order valence-electron chi connectivity index (χ2n) is 4.23. The highest BCUT2D eigenvalue weighted by Crippen LogP contribution is 2.16. The molecular formula is C13H20N4O2. The number of primary amides is 1. The summed E-state index contributed by atoms with van der Waals surface area (Å²) in [5, 5.41) is 8.39. The van der Waals surface area contributed by atoms with E-state index in [1.54, 1.807) is 6.07 Å². The summed E-state index contributed by atoms with van der Waals surface area (Å²) in [5.74, 6) is -0.440. The maximum atomic E-state index is 11.6. The fourth-order valence-corrected chi connectivity index (χ4v) is 1.53. The Morgan fingerprint density at radius 3 is 2.74 bits per heavy atom. The number of hydrogen-bond acceptors (Lipinski definition) is 3. The lowest BCUT2D eigenvalue weighted by atomic mass is 10.1. The van der Waals surface area contributed by atoms with Crippen LogP contribution in [-0.4, -0.2) is 25.5 Å². The van der Waals surface area contributed by atoms with Crippen molar-refractivity contribution in [3.63, 3.8) is 0 Å². The highest BCUT2D eigenvalue weighted by Gasteiger charge is 2.05. The fourth-order valence-electron chi connectivity index (χ4n) is 1.53. The SMILES string of the molecule is CNC(C)c1cccc(NC(=O)NCCC(N)=O)c1. The maximum absolute atomic E-state index is 11.6. The average molecular weight is 264 g/mol. The molecule has 1 atom stereocenters. The largest absolute Gasteiger partial charge is 0.370 e. The summed E-state index contributed by atoms with van der Waals surface area (Å²) in [7, 11) is 1.88. The predicted molar refractivity (Wildman–Crippen MR) is 74.7 cm³/mol. The molecule has 0 saturated heterocycles. The summed E-state index contributed by atoms with van der Waals surface area (Å²) in [6.45, 7) is 2.26. The Morgan fingerprint density at radius 1 is 1.37 bits per heavy atom. The molecule has 104 valence electrons. The first-order chi connectivity index (χ1) is 9.02. The average Bonchev–Trinajstić information content (AvgIpc) is 2.37. The number of benzene rings is 1. The molecule has 0 fully saturated rings. The molecule has 0 aromatic heterocycles. The van der Waals surface area contributed by atoms with E-state index in [1.807, 2.05) is 32.2 Å². The quantitative estimate of drug-likeness (QED) is 0.616. The van der Waals surface area contributed by atoms with Crippen molar-refractivity contribution >= 4 is 17.6 Å². The minimum atomic E-state index is -0.440. The zero-order chi connectivity index (χ0) is 14.3. The van der Waals surface area contributed by atoms with Gasteiger partial charge in [-0.3, -0.25) is 4.79 Å². The molecule has 1 rings (SSSR count). The lowest BCUT2D eigenvalue weighted by molar-refractivity contribution is -0.117. The summed E-state index contributed by atoms with van der Waals surface area (Å²) in [6.07, 6.45) is 0.129. The van der Waals surface area contributed by atoms with Crippen LogP contribution >= 0.6 is 0 Å². The third-order valence-electron chi connectivity index (χ3n) is 2.73. The fraction of sp³-hybridized carbons (Fsp3) is 0.385. The number of hydrogen-bond donors (Lipinski definition) is 4. The van der Waals surface area contributed by atoms with Gasteiger partial charge in [0.15, 0.2) is 0 Å². The van der Waals surface area contributed by atoms with Gasteiger partial charge < -0.3 is 21.7 Å². The molecule has 1 unspecified atom stereocenters. The van der Waals surface area contributed by atoms with E-state index in [9.17, 15) is 9.59 Å². The van der Waals surface area contributed by atoms with E-state index >= 15 is 0 Å². The van der Waals surface area contributed by atoms with Crippen LogP contribution in [0.1, 0.15) is 24.9 Å². The van der Waals surface area contributed by atoms with Gasteiger partial charge in [-0.1, -0.05) is 12.1 Å². The normalized spacial score (nSPS) is 11.7. The van der Waals surface area contributed by atoms with Gasteiger partial charge in [-0.2, -0.15) is 0 Å². The predicted octanol–water partition coefficient (Wildman–Crippen LogP) is 0.964. The molecular weight excluding hydrogens is 244 g/mol.